The fraction of sp³-hybridized carbons (Fsp3) is 0.533. The van der Waals surface area contributed by atoms with Crippen LogP contribution in [0.3, 0.4) is 0 Å². The van der Waals surface area contributed by atoms with E-state index in [0.717, 1.165) is 38.2 Å². The summed E-state index contributed by atoms with van der Waals surface area (Å²) in [6.07, 6.45) is 1.99. The Kier molecular flexibility index (Phi) is 6.08. The minimum atomic E-state index is -3.66. The van der Waals surface area contributed by atoms with E-state index < -0.39 is 10.0 Å². The number of piperazine rings is 1. The third-order valence-corrected chi connectivity index (χ3v) is 5.41. The number of primary sulfonamides is 1. The molecule has 2 aliphatic heterocycles. The number of sulfonamides is 1. The third-order valence-electron chi connectivity index (χ3n) is 4.48. The van der Waals surface area contributed by atoms with Crippen LogP contribution in [0.1, 0.15) is 12.8 Å². The normalized spacial score (nSPS) is 21.5. The Labute approximate surface area is 148 Å². The molecule has 24 heavy (non-hydrogen) atoms. The lowest BCUT2D eigenvalue weighted by Crippen LogP contribution is -2.53. The Balaban J connectivity index is 0.00000208. The number of amides is 1. The molecule has 1 aromatic carbocycles. The van der Waals surface area contributed by atoms with E-state index in [1.165, 1.54) is 12.1 Å². The monoisotopic (exact) mass is 374 g/mol. The van der Waals surface area contributed by atoms with Gasteiger partial charge in [0.15, 0.2) is 0 Å². The zero-order chi connectivity index (χ0) is 16.4. The van der Waals surface area contributed by atoms with Crippen LogP contribution in [-0.2, 0) is 14.8 Å². The lowest BCUT2D eigenvalue weighted by Gasteiger charge is -2.37. The van der Waals surface area contributed by atoms with E-state index >= 15 is 0 Å². The van der Waals surface area contributed by atoms with Crippen molar-refractivity contribution in [3.63, 3.8) is 0 Å². The summed E-state index contributed by atoms with van der Waals surface area (Å²) in [5.41, 5.74) is 0.948. The number of benzene rings is 1. The van der Waals surface area contributed by atoms with Gasteiger partial charge in [-0.2, -0.15) is 0 Å². The molecule has 0 spiro atoms. The van der Waals surface area contributed by atoms with Crippen LogP contribution in [0.15, 0.2) is 29.2 Å². The molecule has 7 nitrogen and oxygen atoms in total. The van der Waals surface area contributed by atoms with Crippen LogP contribution in [0.2, 0.25) is 0 Å². The predicted molar refractivity (Wildman–Crippen MR) is 94.9 cm³/mol. The highest BCUT2D eigenvalue weighted by Crippen LogP contribution is 2.19. The van der Waals surface area contributed by atoms with E-state index in [2.05, 4.69) is 10.2 Å². The molecular weight excluding hydrogens is 352 g/mol. The maximum atomic E-state index is 12.4. The highest BCUT2D eigenvalue weighted by Gasteiger charge is 2.29. The van der Waals surface area contributed by atoms with Gasteiger partial charge in [-0.15, -0.1) is 12.4 Å². The van der Waals surface area contributed by atoms with Gasteiger partial charge >= 0.3 is 0 Å². The molecule has 2 saturated heterocycles. The fourth-order valence-corrected chi connectivity index (χ4v) is 3.66. The number of nitrogens with two attached hydrogens (primary N) is 1. The second-order valence-corrected chi connectivity index (χ2v) is 7.56. The summed E-state index contributed by atoms with van der Waals surface area (Å²) >= 11 is 0. The standard InChI is InChI=1S/C15H22N4O3S.ClH/c16-23(21,22)13-5-3-12(4-6-13)18-8-10-19(11-9-18)15(20)14-2-1-7-17-14;/h3-6,14,17H,1-2,7-11H2,(H2,16,21,22);1H. The number of halogens is 1. The van der Waals surface area contributed by atoms with Gasteiger partial charge in [0.2, 0.25) is 15.9 Å². The quantitative estimate of drug-likeness (QED) is 0.785. The van der Waals surface area contributed by atoms with Crippen molar-refractivity contribution < 1.29 is 13.2 Å². The molecule has 0 aromatic heterocycles. The van der Waals surface area contributed by atoms with Crippen molar-refractivity contribution in [2.24, 2.45) is 5.14 Å². The van der Waals surface area contributed by atoms with Gasteiger partial charge in [-0.05, 0) is 43.7 Å². The molecule has 3 rings (SSSR count). The van der Waals surface area contributed by atoms with Crippen molar-refractivity contribution in [3.05, 3.63) is 24.3 Å². The van der Waals surface area contributed by atoms with E-state index in [9.17, 15) is 13.2 Å². The Hall–Kier alpha value is -1.35. The van der Waals surface area contributed by atoms with Crippen LogP contribution in [0.5, 0.6) is 0 Å². The summed E-state index contributed by atoms with van der Waals surface area (Å²) in [4.78, 5) is 16.5. The number of carbonyl (C=O) groups excluding carboxylic acids is 1. The zero-order valence-corrected chi connectivity index (χ0v) is 15.0. The number of carbonyl (C=O) groups is 1. The van der Waals surface area contributed by atoms with Crippen molar-refractivity contribution in [2.45, 2.75) is 23.8 Å². The van der Waals surface area contributed by atoms with Crippen LogP contribution in [0.4, 0.5) is 5.69 Å². The van der Waals surface area contributed by atoms with Crippen LogP contribution in [0.25, 0.3) is 0 Å². The lowest BCUT2D eigenvalue weighted by molar-refractivity contribution is -0.133. The van der Waals surface area contributed by atoms with Gasteiger partial charge in [0, 0.05) is 31.9 Å². The van der Waals surface area contributed by atoms with Crippen molar-refractivity contribution in [2.75, 3.05) is 37.6 Å². The summed E-state index contributed by atoms with van der Waals surface area (Å²) in [6.45, 7) is 3.79. The summed E-state index contributed by atoms with van der Waals surface area (Å²) in [5.74, 6) is 0.201. The molecule has 0 bridgehead atoms. The Morgan fingerprint density at radius 1 is 1.12 bits per heavy atom. The van der Waals surface area contributed by atoms with Gasteiger partial charge in [0.1, 0.15) is 0 Å². The van der Waals surface area contributed by atoms with E-state index in [0.29, 0.717) is 13.1 Å². The first-order valence-electron chi connectivity index (χ1n) is 7.85. The van der Waals surface area contributed by atoms with Gasteiger partial charge < -0.3 is 15.1 Å². The first-order valence-corrected chi connectivity index (χ1v) is 9.40. The highest BCUT2D eigenvalue weighted by molar-refractivity contribution is 7.89. The summed E-state index contributed by atoms with van der Waals surface area (Å²) in [6, 6.07) is 6.54. The third kappa shape index (κ3) is 4.18. The molecule has 0 aliphatic carbocycles. The van der Waals surface area contributed by atoms with Crippen LogP contribution >= 0.6 is 12.4 Å². The molecule has 3 N–H and O–H groups in total. The second kappa shape index (κ2) is 7.69. The molecule has 1 aromatic rings. The summed E-state index contributed by atoms with van der Waals surface area (Å²) in [7, 11) is -3.66. The minimum Gasteiger partial charge on any atom is -0.368 e. The van der Waals surface area contributed by atoms with E-state index in [4.69, 9.17) is 5.14 Å². The van der Waals surface area contributed by atoms with Gasteiger partial charge in [-0.3, -0.25) is 4.79 Å². The van der Waals surface area contributed by atoms with Gasteiger partial charge in [-0.25, -0.2) is 13.6 Å². The van der Waals surface area contributed by atoms with Gasteiger partial charge in [0.25, 0.3) is 0 Å². The SMILES string of the molecule is Cl.NS(=O)(=O)c1ccc(N2CCN(C(=O)C3CCCN3)CC2)cc1. The fourth-order valence-electron chi connectivity index (χ4n) is 3.15. The Bertz CT molecular complexity index is 666. The number of nitrogens with zero attached hydrogens (tertiary/aromatic N) is 2. The average molecular weight is 375 g/mol. The molecular formula is C15H23ClN4O3S. The van der Waals surface area contributed by atoms with Crippen molar-refractivity contribution in [1.82, 2.24) is 10.2 Å². The number of anilines is 1. The topological polar surface area (TPSA) is 95.7 Å². The molecule has 1 amide bonds. The molecule has 0 saturated carbocycles. The first kappa shape index (κ1) is 19.0. The lowest BCUT2D eigenvalue weighted by atomic mass is 10.1. The Morgan fingerprint density at radius 3 is 2.25 bits per heavy atom. The zero-order valence-electron chi connectivity index (χ0n) is 13.3. The van der Waals surface area contributed by atoms with Crippen LogP contribution < -0.4 is 15.4 Å². The first-order chi connectivity index (χ1) is 10.9. The average Bonchev–Trinajstić information content (AvgIpc) is 3.08. The molecule has 1 unspecified atom stereocenters. The number of nitrogens with one attached hydrogen (secondary N) is 1. The molecule has 2 heterocycles. The maximum absolute atomic E-state index is 12.4. The molecule has 0 radical (unpaired) electrons. The molecule has 2 fully saturated rings. The highest BCUT2D eigenvalue weighted by atomic mass is 35.5. The number of hydrogen-bond donors (Lipinski definition) is 2. The molecule has 9 heteroatoms. The second-order valence-electron chi connectivity index (χ2n) is 6.00. The Morgan fingerprint density at radius 2 is 1.75 bits per heavy atom. The van der Waals surface area contributed by atoms with E-state index in [-0.39, 0.29) is 29.3 Å². The smallest absolute Gasteiger partial charge is 0.239 e. The van der Waals surface area contributed by atoms with Crippen molar-refractivity contribution in [3.8, 4) is 0 Å². The van der Waals surface area contributed by atoms with Crippen LogP contribution in [-0.4, -0.2) is 58.0 Å². The summed E-state index contributed by atoms with van der Waals surface area (Å²) in [5, 5.41) is 8.35. The predicted octanol–water partition coefficient (Wildman–Crippen LogP) is 0.156. The molecule has 1 atom stereocenters. The van der Waals surface area contributed by atoms with E-state index in [1.54, 1.807) is 12.1 Å². The van der Waals surface area contributed by atoms with Crippen molar-refractivity contribution >= 4 is 34.0 Å². The summed E-state index contributed by atoms with van der Waals surface area (Å²) < 4.78 is 22.6. The minimum absolute atomic E-state index is 0. The maximum Gasteiger partial charge on any atom is 0.239 e. The van der Waals surface area contributed by atoms with Gasteiger partial charge in [0.05, 0.1) is 10.9 Å². The van der Waals surface area contributed by atoms with E-state index in [1.807, 2.05) is 4.90 Å². The number of rotatable bonds is 3. The van der Waals surface area contributed by atoms with Crippen LogP contribution in [0, 0.1) is 0 Å². The van der Waals surface area contributed by atoms with Gasteiger partial charge in [-0.1, -0.05) is 0 Å². The number of hydrogen-bond acceptors (Lipinski definition) is 5. The van der Waals surface area contributed by atoms with Crippen molar-refractivity contribution in [1.29, 1.82) is 0 Å². The molecule has 134 valence electrons. The molecule has 2 aliphatic rings. The largest absolute Gasteiger partial charge is 0.368 e.